The highest BCUT2D eigenvalue weighted by Gasteiger charge is 2.32. The first-order valence-electron chi connectivity index (χ1n) is 6.60. The molecule has 2 aromatic rings. The van der Waals surface area contributed by atoms with Gasteiger partial charge in [-0.3, -0.25) is 9.79 Å². The Labute approximate surface area is 122 Å². The van der Waals surface area contributed by atoms with Gasteiger partial charge in [-0.2, -0.15) is 0 Å². The topological polar surface area (TPSA) is 29.4 Å². The van der Waals surface area contributed by atoms with Gasteiger partial charge in [0.2, 0.25) is 0 Å². The Kier molecular flexibility index (Phi) is 3.70. The number of hydrogen-bond donors (Lipinski definition) is 0. The summed E-state index contributed by atoms with van der Waals surface area (Å²) in [6.45, 7) is 2.58. The summed E-state index contributed by atoms with van der Waals surface area (Å²) in [7, 11) is 0. The van der Waals surface area contributed by atoms with E-state index in [-0.39, 0.29) is 11.0 Å². The lowest BCUT2D eigenvalue weighted by Crippen LogP contribution is -2.20. The van der Waals surface area contributed by atoms with E-state index >= 15 is 0 Å². The van der Waals surface area contributed by atoms with Crippen LogP contribution in [-0.2, 0) is 6.54 Å². The SMILES string of the molecule is CC(=NCc1ccccc1)C1Sc2ccccc2C1=O. The Hall–Kier alpha value is -1.87. The van der Waals surface area contributed by atoms with Crippen LogP contribution >= 0.6 is 11.8 Å². The van der Waals surface area contributed by atoms with Gasteiger partial charge >= 0.3 is 0 Å². The summed E-state index contributed by atoms with van der Waals surface area (Å²) in [5.41, 5.74) is 2.90. The quantitative estimate of drug-likeness (QED) is 0.796. The van der Waals surface area contributed by atoms with Gasteiger partial charge in [-0.25, -0.2) is 0 Å². The van der Waals surface area contributed by atoms with Gasteiger partial charge in [0.25, 0.3) is 0 Å². The van der Waals surface area contributed by atoms with E-state index in [0.717, 1.165) is 16.2 Å². The molecule has 0 bridgehead atoms. The number of carbonyl (C=O) groups is 1. The van der Waals surface area contributed by atoms with Crippen molar-refractivity contribution < 1.29 is 4.79 Å². The number of nitrogens with zero attached hydrogens (tertiary/aromatic N) is 1. The largest absolute Gasteiger partial charge is 0.292 e. The average Bonchev–Trinajstić information content (AvgIpc) is 2.84. The van der Waals surface area contributed by atoms with Crippen LogP contribution in [0.3, 0.4) is 0 Å². The maximum absolute atomic E-state index is 12.3. The molecular formula is C17H15NOS. The number of carbonyl (C=O) groups excluding carboxylic acids is 1. The molecule has 20 heavy (non-hydrogen) atoms. The standard InChI is InChI=1S/C17H15NOS/c1-12(18-11-13-7-3-2-4-8-13)17-16(19)14-9-5-6-10-15(14)20-17/h2-10,17H,11H2,1H3. The minimum absolute atomic E-state index is 0.156. The van der Waals surface area contributed by atoms with Gasteiger partial charge in [-0.15, -0.1) is 11.8 Å². The van der Waals surface area contributed by atoms with E-state index < -0.39 is 0 Å². The van der Waals surface area contributed by atoms with E-state index in [9.17, 15) is 4.79 Å². The van der Waals surface area contributed by atoms with Crippen LogP contribution in [0.2, 0.25) is 0 Å². The molecule has 0 amide bonds. The third kappa shape index (κ3) is 2.54. The van der Waals surface area contributed by atoms with Gasteiger partial charge in [-0.05, 0) is 18.6 Å². The van der Waals surface area contributed by atoms with Gasteiger partial charge in [0.05, 0.1) is 6.54 Å². The minimum atomic E-state index is -0.156. The van der Waals surface area contributed by atoms with Gasteiger partial charge in [0.15, 0.2) is 5.78 Å². The Morgan fingerprint density at radius 2 is 1.80 bits per heavy atom. The first-order chi connectivity index (χ1) is 9.75. The van der Waals surface area contributed by atoms with Crippen LogP contribution in [0.25, 0.3) is 0 Å². The Morgan fingerprint density at radius 3 is 2.55 bits per heavy atom. The Bertz CT molecular complexity index is 664. The molecule has 0 N–H and O–H groups in total. The zero-order chi connectivity index (χ0) is 13.9. The van der Waals surface area contributed by atoms with Crippen molar-refractivity contribution in [3.05, 3.63) is 65.7 Å². The summed E-state index contributed by atoms with van der Waals surface area (Å²) >= 11 is 1.61. The molecular weight excluding hydrogens is 266 g/mol. The molecule has 0 saturated carbocycles. The fraction of sp³-hybridized carbons (Fsp3) is 0.176. The van der Waals surface area contributed by atoms with E-state index in [2.05, 4.69) is 17.1 Å². The van der Waals surface area contributed by atoms with Crippen LogP contribution in [0.15, 0.2) is 64.5 Å². The molecule has 0 aliphatic carbocycles. The van der Waals surface area contributed by atoms with Crippen molar-refractivity contribution in [2.24, 2.45) is 4.99 Å². The highest BCUT2D eigenvalue weighted by molar-refractivity contribution is 8.02. The number of rotatable bonds is 3. The monoisotopic (exact) mass is 281 g/mol. The van der Waals surface area contributed by atoms with Crippen molar-refractivity contribution in [3.63, 3.8) is 0 Å². The fourth-order valence-corrected chi connectivity index (χ4v) is 3.44. The lowest BCUT2D eigenvalue weighted by molar-refractivity contribution is 0.101. The summed E-state index contributed by atoms with van der Waals surface area (Å²) in [4.78, 5) is 18.0. The smallest absolute Gasteiger partial charge is 0.182 e. The molecule has 2 aromatic carbocycles. The number of hydrogen-bond acceptors (Lipinski definition) is 3. The van der Waals surface area contributed by atoms with Gasteiger partial charge < -0.3 is 0 Å². The Balaban J connectivity index is 1.76. The maximum Gasteiger partial charge on any atom is 0.182 e. The summed E-state index contributed by atoms with van der Waals surface area (Å²) < 4.78 is 0. The lowest BCUT2D eigenvalue weighted by Gasteiger charge is -2.07. The number of Topliss-reactive ketones (excluding diaryl/α,β-unsaturated/α-hetero) is 1. The maximum atomic E-state index is 12.3. The van der Waals surface area contributed by atoms with Crippen molar-refractivity contribution in [2.75, 3.05) is 0 Å². The highest BCUT2D eigenvalue weighted by Crippen LogP contribution is 2.37. The molecule has 0 radical (unpaired) electrons. The summed E-state index contributed by atoms with van der Waals surface area (Å²) in [5, 5.41) is -0.156. The molecule has 0 spiro atoms. The summed E-state index contributed by atoms with van der Waals surface area (Å²) in [6, 6.07) is 17.9. The second kappa shape index (κ2) is 5.63. The molecule has 1 atom stereocenters. The van der Waals surface area contributed by atoms with Crippen molar-refractivity contribution in [2.45, 2.75) is 23.6 Å². The zero-order valence-corrected chi connectivity index (χ0v) is 12.1. The molecule has 1 unspecified atom stereocenters. The average molecular weight is 281 g/mol. The molecule has 3 heteroatoms. The van der Waals surface area contributed by atoms with Crippen LogP contribution in [-0.4, -0.2) is 16.7 Å². The number of ketones is 1. The van der Waals surface area contributed by atoms with E-state index in [4.69, 9.17) is 0 Å². The van der Waals surface area contributed by atoms with Gasteiger partial charge in [-0.1, -0.05) is 48.5 Å². The molecule has 1 heterocycles. The van der Waals surface area contributed by atoms with Gasteiger partial charge in [0, 0.05) is 16.2 Å². The highest BCUT2D eigenvalue weighted by atomic mass is 32.2. The van der Waals surface area contributed by atoms with E-state index in [1.54, 1.807) is 11.8 Å². The first-order valence-corrected chi connectivity index (χ1v) is 7.48. The molecule has 0 aromatic heterocycles. The number of aliphatic imine (C=N–C) groups is 1. The molecule has 1 aliphatic heterocycles. The molecule has 1 aliphatic rings. The number of fused-ring (bicyclic) bond motifs is 1. The first kappa shape index (κ1) is 13.1. The third-order valence-corrected chi connectivity index (χ3v) is 4.77. The summed E-state index contributed by atoms with van der Waals surface area (Å²) in [6.07, 6.45) is 0. The van der Waals surface area contributed by atoms with Crippen LogP contribution in [0.4, 0.5) is 0 Å². The van der Waals surface area contributed by atoms with Crippen LogP contribution in [0.5, 0.6) is 0 Å². The lowest BCUT2D eigenvalue weighted by atomic mass is 10.1. The van der Waals surface area contributed by atoms with Crippen LogP contribution in [0.1, 0.15) is 22.8 Å². The third-order valence-electron chi connectivity index (χ3n) is 3.37. The molecule has 0 saturated heterocycles. The van der Waals surface area contributed by atoms with Crippen molar-refractivity contribution in [3.8, 4) is 0 Å². The van der Waals surface area contributed by atoms with Gasteiger partial charge in [0.1, 0.15) is 5.25 Å². The minimum Gasteiger partial charge on any atom is -0.292 e. The second-order valence-electron chi connectivity index (χ2n) is 4.80. The van der Waals surface area contributed by atoms with Crippen LogP contribution < -0.4 is 0 Å². The second-order valence-corrected chi connectivity index (χ2v) is 5.95. The van der Waals surface area contributed by atoms with Crippen molar-refractivity contribution in [1.82, 2.24) is 0 Å². The predicted molar refractivity (Wildman–Crippen MR) is 83.7 cm³/mol. The zero-order valence-electron chi connectivity index (χ0n) is 11.2. The number of thioether (sulfide) groups is 1. The molecule has 0 fully saturated rings. The van der Waals surface area contributed by atoms with Crippen molar-refractivity contribution >= 4 is 23.3 Å². The Morgan fingerprint density at radius 1 is 1.10 bits per heavy atom. The fourth-order valence-electron chi connectivity index (χ4n) is 2.25. The van der Waals surface area contributed by atoms with Crippen molar-refractivity contribution in [1.29, 1.82) is 0 Å². The van der Waals surface area contributed by atoms with E-state index in [1.165, 1.54) is 5.56 Å². The van der Waals surface area contributed by atoms with E-state index in [1.807, 2.05) is 49.4 Å². The molecule has 3 rings (SSSR count). The molecule has 2 nitrogen and oxygen atoms in total. The molecule has 100 valence electrons. The van der Waals surface area contributed by atoms with E-state index in [0.29, 0.717) is 6.54 Å². The number of benzene rings is 2. The predicted octanol–water partition coefficient (Wildman–Crippen LogP) is 4.00. The van der Waals surface area contributed by atoms with Crippen LogP contribution in [0, 0.1) is 0 Å². The summed E-state index contributed by atoms with van der Waals surface area (Å²) in [5.74, 6) is 0.180. The normalized spacial score (nSPS) is 18.1.